The lowest BCUT2D eigenvalue weighted by Gasteiger charge is -2.07. The number of ether oxygens (including phenoxy) is 1. The van der Waals surface area contributed by atoms with Crippen molar-refractivity contribution in [3.63, 3.8) is 0 Å². The van der Waals surface area contributed by atoms with Crippen LogP contribution >= 0.6 is 11.3 Å². The first-order chi connectivity index (χ1) is 7.29. The van der Waals surface area contributed by atoms with E-state index in [1.807, 2.05) is 0 Å². The van der Waals surface area contributed by atoms with Crippen molar-refractivity contribution in [2.75, 3.05) is 19.8 Å². The average Bonchev–Trinajstić information content (AvgIpc) is 2.68. The minimum Gasteiger partial charge on any atom is -0.381 e. The summed E-state index contributed by atoms with van der Waals surface area (Å²) in [5.74, 6) is 0. The van der Waals surface area contributed by atoms with Gasteiger partial charge in [0, 0.05) is 23.9 Å². The minimum absolute atomic E-state index is 0.580. The van der Waals surface area contributed by atoms with Gasteiger partial charge in [-0.1, -0.05) is 19.9 Å². The van der Waals surface area contributed by atoms with E-state index in [9.17, 15) is 0 Å². The van der Waals surface area contributed by atoms with Crippen LogP contribution in [0.2, 0.25) is 0 Å². The Labute approximate surface area is 96.7 Å². The van der Waals surface area contributed by atoms with Crippen LogP contribution in [-0.2, 0) is 11.2 Å². The number of nitrogens with one attached hydrogen (secondary N) is 1. The molecule has 0 atom stereocenters. The van der Waals surface area contributed by atoms with Crippen LogP contribution in [0.5, 0.6) is 0 Å². The van der Waals surface area contributed by atoms with Crippen molar-refractivity contribution in [3.05, 3.63) is 22.4 Å². The Morgan fingerprint density at radius 2 is 2.27 bits per heavy atom. The maximum Gasteiger partial charge on any atom is 0.0514 e. The van der Waals surface area contributed by atoms with E-state index >= 15 is 0 Å². The predicted octanol–water partition coefficient (Wildman–Crippen LogP) is 2.70. The molecule has 0 spiro atoms. The lowest BCUT2D eigenvalue weighted by atomic mass is 10.3. The standard InChI is InChI=1S/C12H21NOS/c1-11(2)13-7-4-8-14-9-6-12-5-3-10-15-12/h3,5,10-11,13H,4,6-9H2,1-2H3. The van der Waals surface area contributed by atoms with E-state index in [2.05, 4.69) is 36.7 Å². The predicted molar refractivity (Wildman–Crippen MR) is 66.6 cm³/mol. The molecule has 0 unspecified atom stereocenters. The van der Waals surface area contributed by atoms with Crippen molar-refractivity contribution < 1.29 is 4.74 Å². The normalized spacial score (nSPS) is 11.1. The summed E-state index contributed by atoms with van der Waals surface area (Å²) in [5, 5.41) is 5.48. The molecule has 0 aliphatic carbocycles. The summed E-state index contributed by atoms with van der Waals surface area (Å²) < 4.78 is 5.56. The molecular formula is C12H21NOS. The summed E-state index contributed by atoms with van der Waals surface area (Å²) in [5.41, 5.74) is 0. The zero-order valence-corrected chi connectivity index (χ0v) is 10.5. The summed E-state index contributed by atoms with van der Waals surface area (Å²) in [7, 11) is 0. The van der Waals surface area contributed by atoms with Crippen LogP contribution in [0.3, 0.4) is 0 Å². The topological polar surface area (TPSA) is 21.3 Å². The van der Waals surface area contributed by atoms with Gasteiger partial charge in [0.05, 0.1) is 6.61 Å². The van der Waals surface area contributed by atoms with Gasteiger partial charge in [-0.3, -0.25) is 0 Å². The molecule has 0 fully saturated rings. The average molecular weight is 227 g/mol. The quantitative estimate of drug-likeness (QED) is 0.689. The summed E-state index contributed by atoms with van der Waals surface area (Å²) >= 11 is 1.80. The van der Waals surface area contributed by atoms with Gasteiger partial charge in [-0.05, 0) is 24.4 Å². The SMILES string of the molecule is CC(C)NCCCOCCc1cccs1. The molecule has 1 N–H and O–H groups in total. The highest BCUT2D eigenvalue weighted by atomic mass is 32.1. The van der Waals surface area contributed by atoms with E-state index in [4.69, 9.17) is 4.74 Å². The van der Waals surface area contributed by atoms with Gasteiger partial charge >= 0.3 is 0 Å². The zero-order chi connectivity index (χ0) is 10.9. The summed E-state index contributed by atoms with van der Waals surface area (Å²) in [6.45, 7) is 7.10. The largest absolute Gasteiger partial charge is 0.381 e. The van der Waals surface area contributed by atoms with Crippen LogP contribution in [-0.4, -0.2) is 25.8 Å². The summed E-state index contributed by atoms with van der Waals surface area (Å²) in [6, 6.07) is 4.83. The van der Waals surface area contributed by atoms with Gasteiger partial charge in [-0.15, -0.1) is 11.3 Å². The van der Waals surface area contributed by atoms with Gasteiger partial charge in [0.25, 0.3) is 0 Å². The Hall–Kier alpha value is -0.380. The monoisotopic (exact) mass is 227 g/mol. The van der Waals surface area contributed by atoms with Crippen molar-refractivity contribution >= 4 is 11.3 Å². The molecule has 0 aliphatic heterocycles. The Morgan fingerprint density at radius 3 is 2.93 bits per heavy atom. The third-order valence-electron chi connectivity index (χ3n) is 2.09. The van der Waals surface area contributed by atoms with Crippen LogP contribution in [0.15, 0.2) is 17.5 Å². The molecule has 0 aromatic carbocycles. The van der Waals surface area contributed by atoms with Crippen molar-refractivity contribution in [3.8, 4) is 0 Å². The minimum atomic E-state index is 0.580. The van der Waals surface area contributed by atoms with Crippen LogP contribution < -0.4 is 5.32 Å². The maximum atomic E-state index is 5.56. The molecule has 1 heterocycles. The maximum absolute atomic E-state index is 5.56. The molecule has 2 nitrogen and oxygen atoms in total. The zero-order valence-electron chi connectivity index (χ0n) is 9.66. The highest BCUT2D eigenvalue weighted by Gasteiger charge is 1.95. The number of rotatable bonds is 8. The first-order valence-corrected chi connectivity index (χ1v) is 6.50. The van der Waals surface area contributed by atoms with Gasteiger partial charge in [-0.2, -0.15) is 0 Å². The fraction of sp³-hybridized carbons (Fsp3) is 0.667. The van der Waals surface area contributed by atoms with Crippen LogP contribution in [0.1, 0.15) is 25.1 Å². The number of hydrogen-bond donors (Lipinski definition) is 1. The second-order valence-electron chi connectivity index (χ2n) is 3.90. The molecule has 1 rings (SSSR count). The van der Waals surface area contributed by atoms with Gasteiger partial charge in [0.15, 0.2) is 0 Å². The van der Waals surface area contributed by atoms with Gasteiger partial charge in [0.2, 0.25) is 0 Å². The summed E-state index contributed by atoms with van der Waals surface area (Å²) in [6.07, 6.45) is 2.15. The van der Waals surface area contributed by atoms with E-state index < -0.39 is 0 Å². The van der Waals surface area contributed by atoms with E-state index in [-0.39, 0.29) is 0 Å². The van der Waals surface area contributed by atoms with E-state index in [1.54, 1.807) is 11.3 Å². The van der Waals surface area contributed by atoms with Gasteiger partial charge < -0.3 is 10.1 Å². The number of thiophene rings is 1. The summed E-state index contributed by atoms with van der Waals surface area (Å²) in [4.78, 5) is 1.41. The van der Waals surface area contributed by atoms with E-state index in [0.717, 1.165) is 32.6 Å². The molecule has 0 amide bonds. The molecule has 3 heteroatoms. The van der Waals surface area contributed by atoms with E-state index in [1.165, 1.54) is 4.88 Å². The van der Waals surface area contributed by atoms with E-state index in [0.29, 0.717) is 6.04 Å². The van der Waals surface area contributed by atoms with Crippen molar-refractivity contribution in [2.45, 2.75) is 32.7 Å². The molecule has 0 saturated carbocycles. The molecule has 1 aromatic heterocycles. The molecule has 0 aliphatic rings. The van der Waals surface area contributed by atoms with Crippen LogP contribution in [0.25, 0.3) is 0 Å². The van der Waals surface area contributed by atoms with Crippen LogP contribution in [0.4, 0.5) is 0 Å². The first kappa shape index (κ1) is 12.7. The fourth-order valence-corrected chi connectivity index (χ4v) is 1.98. The lowest BCUT2D eigenvalue weighted by Crippen LogP contribution is -2.24. The highest BCUT2D eigenvalue weighted by Crippen LogP contribution is 2.08. The van der Waals surface area contributed by atoms with Crippen molar-refractivity contribution in [1.82, 2.24) is 5.32 Å². The Balaban J connectivity index is 1.85. The highest BCUT2D eigenvalue weighted by molar-refractivity contribution is 7.09. The Morgan fingerprint density at radius 1 is 1.40 bits per heavy atom. The fourth-order valence-electron chi connectivity index (χ4n) is 1.29. The molecule has 0 radical (unpaired) electrons. The molecule has 0 bridgehead atoms. The van der Waals surface area contributed by atoms with Crippen molar-refractivity contribution in [2.24, 2.45) is 0 Å². The molecular weight excluding hydrogens is 206 g/mol. The second-order valence-corrected chi connectivity index (χ2v) is 4.94. The Bertz CT molecular complexity index is 234. The molecule has 0 saturated heterocycles. The molecule has 15 heavy (non-hydrogen) atoms. The third-order valence-corrected chi connectivity index (χ3v) is 3.03. The van der Waals surface area contributed by atoms with Crippen molar-refractivity contribution in [1.29, 1.82) is 0 Å². The Kier molecular flexibility index (Phi) is 6.64. The third kappa shape index (κ3) is 6.66. The second kappa shape index (κ2) is 7.85. The lowest BCUT2D eigenvalue weighted by molar-refractivity contribution is 0.134. The van der Waals surface area contributed by atoms with Gasteiger partial charge in [0.1, 0.15) is 0 Å². The number of hydrogen-bond acceptors (Lipinski definition) is 3. The first-order valence-electron chi connectivity index (χ1n) is 5.62. The molecule has 1 aromatic rings. The smallest absolute Gasteiger partial charge is 0.0514 e. The van der Waals surface area contributed by atoms with Crippen LogP contribution in [0, 0.1) is 0 Å². The molecule has 86 valence electrons. The van der Waals surface area contributed by atoms with Gasteiger partial charge in [-0.25, -0.2) is 0 Å².